The molecule has 0 amide bonds. The van der Waals surface area contributed by atoms with Crippen molar-refractivity contribution in [3.8, 4) is 0 Å². The molecule has 1 aromatic carbocycles. The second kappa shape index (κ2) is 5.27. The van der Waals surface area contributed by atoms with Crippen molar-refractivity contribution in [3.05, 3.63) is 28.7 Å². The minimum absolute atomic E-state index is 0.0971. The van der Waals surface area contributed by atoms with Crippen LogP contribution in [0.5, 0.6) is 0 Å². The third kappa shape index (κ3) is 2.73. The molecule has 0 radical (unpaired) electrons. The van der Waals surface area contributed by atoms with Crippen LogP contribution in [-0.4, -0.2) is 22.3 Å². The molecule has 0 aliphatic rings. The number of hydrogen-bond donors (Lipinski definition) is 2. The molecule has 98 valence electrons. The van der Waals surface area contributed by atoms with Gasteiger partial charge in [0.05, 0.1) is 17.1 Å². The van der Waals surface area contributed by atoms with Gasteiger partial charge >= 0.3 is 5.69 Å². The van der Waals surface area contributed by atoms with E-state index in [0.29, 0.717) is 18.8 Å². The average molecular weight is 249 g/mol. The van der Waals surface area contributed by atoms with Crippen LogP contribution < -0.4 is 11.4 Å². The predicted molar refractivity (Wildman–Crippen MR) is 72.7 cm³/mol. The fourth-order valence-corrected chi connectivity index (χ4v) is 1.93. The minimum atomic E-state index is -0.0971. The number of nitrogens with two attached hydrogens (primary N) is 1. The number of anilines is 1. The van der Waals surface area contributed by atoms with Gasteiger partial charge in [0.1, 0.15) is 0 Å². The van der Waals surface area contributed by atoms with Gasteiger partial charge in [-0.3, -0.25) is 4.57 Å². The monoisotopic (exact) mass is 249 g/mol. The van der Waals surface area contributed by atoms with E-state index in [1.54, 1.807) is 10.6 Å². The summed E-state index contributed by atoms with van der Waals surface area (Å²) in [6.07, 6.45) is 1.03. The molecule has 0 saturated heterocycles. The summed E-state index contributed by atoms with van der Waals surface area (Å²) in [6, 6.07) is 5.42. The summed E-state index contributed by atoms with van der Waals surface area (Å²) >= 11 is 0. The summed E-state index contributed by atoms with van der Waals surface area (Å²) in [7, 11) is 0. The van der Waals surface area contributed by atoms with Gasteiger partial charge in [0.2, 0.25) is 0 Å². The Bertz CT molecular complexity index is 583. The van der Waals surface area contributed by atoms with Gasteiger partial charge in [-0.15, -0.1) is 0 Å². The SMILES string of the molecule is CC(C)OCCCn1c(=O)[nH]c2ccc(N)cc21. The second-order valence-corrected chi connectivity index (χ2v) is 4.63. The second-order valence-electron chi connectivity index (χ2n) is 4.63. The van der Waals surface area contributed by atoms with Gasteiger partial charge < -0.3 is 15.5 Å². The van der Waals surface area contributed by atoms with Crippen LogP contribution in [0.25, 0.3) is 11.0 Å². The normalized spacial score (nSPS) is 11.5. The van der Waals surface area contributed by atoms with Crippen LogP contribution in [0.3, 0.4) is 0 Å². The van der Waals surface area contributed by atoms with E-state index in [2.05, 4.69) is 4.98 Å². The Morgan fingerprint density at radius 1 is 1.44 bits per heavy atom. The topological polar surface area (TPSA) is 73.0 Å². The maximum atomic E-state index is 11.8. The molecule has 0 aliphatic heterocycles. The summed E-state index contributed by atoms with van der Waals surface area (Å²) in [5.41, 5.74) is 7.98. The molecule has 1 aromatic heterocycles. The lowest BCUT2D eigenvalue weighted by atomic mass is 10.3. The quantitative estimate of drug-likeness (QED) is 0.626. The van der Waals surface area contributed by atoms with Crippen LogP contribution in [0.4, 0.5) is 5.69 Å². The van der Waals surface area contributed by atoms with Crippen LogP contribution in [0, 0.1) is 0 Å². The van der Waals surface area contributed by atoms with Crippen molar-refractivity contribution >= 4 is 16.7 Å². The number of rotatable bonds is 5. The summed E-state index contributed by atoms with van der Waals surface area (Å²) in [4.78, 5) is 14.6. The smallest absolute Gasteiger partial charge is 0.326 e. The molecule has 0 atom stereocenters. The number of H-pyrrole nitrogens is 1. The first-order chi connectivity index (χ1) is 8.58. The van der Waals surface area contributed by atoms with Crippen molar-refractivity contribution in [3.63, 3.8) is 0 Å². The van der Waals surface area contributed by atoms with Gasteiger partial charge in [0.25, 0.3) is 0 Å². The van der Waals surface area contributed by atoms with E-state index in [1.165, 1.54) is 0 Å². The molecule has 5 nitrogen and oxygen atoms in total. The van der Waals surface area contributed by atoms with Crippen LogP contribution in [0.2, 0.25) is 0 Å². The van der Waals surface area contributed by atoms with Crippen molar-refractivity contribution in [2.45, 2.75) is 32.9 Å². The maximum absolute atomic E-state index is 11.8. The number of nitrogens with zero attached hydrogens (tertiary/aromatic N) is 1. The Morgan fingerprint density at radius 2 is 2.22 bits per heavy atom. The fourth-order valence-electron chi connectivity index (χ4n) is 1.93. The Balaban J connectivity index is 2.14. The van der Waals surface area contributed by atoms with E-state index >= 15 is 0 Å². The first-order valence-electron chi connectivity index (χ1n) is 6.17. The Labute approximate surface area is 106 Å². The number of benzene rings is 1. The third-order valence-electron chi connectivity index (χ3n) is 2.78. The molecule has 5 heteroatoms. The summed E-state index contributed by atoms with van der Waals surface area (Å²) < 4.78 is 7.17. The van der Waals surface area contributed by atoms with E-state index in [-0.39, 0.29) is 11.8 Å². The van der Waals surface area contributed by atoms with Crippen molar-refractivity contribution < 1.29 is 4.74 Å². The van der Waals surface area contributed by atoms with Gasteiger partial charge in [-0.05, 0) is 38.5 Å². The molecule has 18 heavy (non-hydrogen) atoms. The van der Waals surface area contributed by atoms with E-state index in [9.17, 15) is 4.79 Å². The number of hydrogen-bond acceptors (Lipinski definition) is 3. The molecule has 1 heterocycles. The van der Waals surface area contributed by atoms with Crippen LogP contribution in [0.1, 0.15) is 20.3 Å². The molecule has 3 N–H and O–H groups in total. The number of nitrogens with one attached hydrogen (secondary N) is 1. The molecule has 2 rings (SSSR count). The Hall–Kier alpha value is -1.75. The first kappa shape index (κ1) is 12.7. The van der Waals surface area contributed by atoms with Crippen molar-refractivity contribution in [2.75, 3.05) is 12.3 Å². The molecule has 0 unspecified atom stereocenters. The highest BCUT2D eigenvalue weighted by atomic mass is 16.5. The van der Waals surface area contributed by atoms with Gasteiger partial charge in [-0.25, -0.2) is 4.79 Å². The Kier molecular flexibility index (Phi) is 3.72. The molecule has 0 aliphatic carbocycles. The minimum Gasteiger partial charge on any atom is -0.399 e. The fraction of sp³-hybridized carbons (Fsp3) is 0.462. The highest BCUT2D eigenvalue weighted by molar-refractivity contribution is 5.78. The predicted octanol–water partition coefficient (Wildman–Crippen LogP) is 1.73. The van der Waals surface area contributed by atoms with Crippen LogP contribution in [-0.2, 0) is 11.3 Å². The van der Waals surface area contributed by atoms with Gasteiger partial charge in [0, 0.05) is 18.8 Å². The largest absolute Gasteiger partial charge is 0.399 e. The zero-order valence-corrected chi connectivity index (χ0v) is 10.8. The zero-order chi connectivity index (χ0) is 13.1. The third-order valence-corrected chi connectivity index (χ3v) is 2.78. The van der Waals surface area contributed by atoms with E-state index in [1.807, 2.05) is 26.0 Å². The Morgan fingerprint density at radius 3 is 2.94 bits per heavy atom. The van der Waals surface area contributed by atoms with Crippen LogP contribution >= 0.6 is 0 Å². The molecular weight excluding hydrogens is 230 g/mol. The van der Waals surface area contributed by atoms with Crippen LogP contribution in [0.15, 0.2) is 23.0 Å². The molecule has 0 saturated carbocycles. The molecular formula is C13H19N3O2. The number of aromatic nitrogens is 2. The maximum Gasteiger partial charge on any atom is 0.326 e. The first-order valence-corrected chi connectivity index (χ1v) is 6.17. The highest BCUT2D eigenvalue weighted by Crippen LogP contribution is 2.14. The van der Waals surface area contributed by atoms with Crippen molar-refractivity contribution in [1.29, 1.82) is 0 Å². The summed E-state index contributed by atoms with van der Waals surface area (Å²) in [6.45, 7) is 5.28. The van der Waals surface area contributed by atoms with E-state index in [0.717, 1.165) is 17.5 Å². The average Bonchev–Trinajstić information content (AvgIpc) is 2.60. The highest BCUT2D eigenvalue weighted by Gasteiger charge is 2.06. The lowest BCUT2D eigenvalue weighted by Crippen LogP contribution is -2.18. The standard InChI is InChI=1S/C13H19N3O2/c1-9(2)18-7-3-6-16-12-8-10(14)4-5-11(12)15-13(16)17/h4-5,8-9H,3,6-7,14H2,1-2H3,(H,15,17). The number of aryl methyl sites for hydroxylation is 1. The molecule has 0 spiro atoms. The van der Waals surface area contributed by atoms with Crippen molar-refractivity contribution in [1.82, 2.24) is 9.55 Å². The number of aromatic amines is 1. The summed E-state index contributed by atoms with van der Waals surface area (Å²) in [5.74, 6) is 0. The summed E-state index contributed by atoms with van der Waals surface area (Å²) in [5, 5.41) is 0. The van der Waals surface area contributed by atoms with E-state index in [4.69, 9.17) is 10.5 Å². The number of nitrogen functional groups attached to an aromatic ring is 1. The lowest BCUT2D eigenvalue weighted by Gasteiger charge is -2.07. The molecule has 2 aromatic rings. The van der Waals surface area contributed by atoms with Gasteiger partial charge in [-0.1, -0.05) is 0 Å². The number of imidazole rings is 1. The van der Waals surface area contributed by atoms with Gasteiger partial charge in [0.15, 0.2) is 0 Å². The zero-order valence-electron chi connectivity index (χ0n) is 10.8. The van der Waals surface area contributed by atoms with Gasteiger partial charge in [-0.2, -0.15) is 0 Å². The van der Waals surface area contributed by atoms with E-state index < -0.39 is 0 Å². The number of fused-ring (bicyclic) bond motifs is 1. The molecule has 0 bridgehead atoms. The lowest BCUT2D eigenvalue weighted by molar-refractivity contribution is 0.0749. The number of ether oxygens (including phenoxy) is 1. The molecule has 0 fully saturated rings. The van der Waals surface area contributed by atoms with Crippen molar-refractivity contribution in [2.24, 2.45) is 0 Å².